The normalized spacial score (nSPS) is 27.8. The van der Waals surface area contributed by atoms with E-state index in [1.807, 2.05) is 0 Å². The average Bonchev–Trinajstić information content (AvgIpc) is 2.58. The molecule has 0 aliphatic carbocycles. The van der Waals surface area contributed by atoms with Crippen molar-refractivity contribution in [3.63, 3.8) is 0 Å². The van der Waals surface area contributed by atoms with Gasteiger partial charge in [0.2, 0.25) is 0 Å². The molecular formula is C11H24N2O2S. The van der Waals surface area contributed by atoms with Gasteiger partial charge >= 0.3 is 0 Å². The molecule has 0 aromatic rings. The van der Waals surface area contributed by atoms with Crippen molar-refractivity contribution in [2.45, 2.75) is 32.4 Å². The van der Waals surface area contributed by atoms with Gasteiger partial charge in [0, 0.05) is 13.1 Å². The Balaban J connectivity index is 2.42. The third kappa shape index (κ3) is 3.43. The molecule has 2 N–H and O–H groups in total. The number of hydrogen-bond donors (Lipinski definition) is 1. The first-order valence-corrected chi connectivity index (χ1v) is 7.65. The van der Waals surface area contributed by atoms with Gasteiger partial charge in [-0.2, -0.15) is 0 Å². The molecule has 4 nitrogen and oxygen atoms in total. The zero-order valence-electron chi connectivity index (χ0n) is 10.6. The van der Waals surface area contributed by atoms with Gasteiger partial charge in [-0.3, -0.25) is 0 Å². The zero-order valence-corrected chi connectivity index (χ0v) is 11.4. The van der Waals surface area contributed by atoms with Gasteiger partial charge < -0.3 is 10.6 Å². The highest BCUT2D eigenvalue weighted by molar-refractivity contribution is 7.92. The van der Waals surface area contributed by atoms with E-state index in [0.29, 0.717) is 13.1 Å². The molecule has 1 saturated heterocycles. The van der Waals surface area contributed by atoms with Crippen LogP contribution < -0.4 is 5.73 Å². The predicted molar refractivity (Wildman–Crippen MR) is 67.1 cm³/mol. The van der Waals surface area contributed by atoms with Crippen LogP contribution in [0.3, 0.4) is 0 Å². The molecule has 1 rings (SSSR count). The summed E-state index contributed by atoms with van der Waals surface area (Å²) < 4.78 is 23.3. The van der Waals surface area contributed by atoms with Crippen LogP contribution in [-0.2, 0) is 9.84 Å². The third-order valence-electron chi connectivity index (χ3n) is 3.54. The van der Waals surface area contributed by atoms with Crippen molar-refractivity contribution in [3.8, 4) is 0 Å². The molecule has 1 atom stereocenters. The first kappa shape index (κ1) is 13.9. The number of likely N-dealkylation sites (tertiary alicyclic amines) is 1. The smallest absolute Gasteiger partial charge is 0.153 e. The zero-order chi connectivity index (χ0) is 12.4. The Labute approximate surface area is 99.1 Å². The molecule has 0 radical (unpaired) electrons. The Kier molecular flexibility index (Phi) is 4.37. The third-order valence-corrected chi connectivity index (χ3v) is 5.73. The van der Waals surface area contributed by atoms with Crippen molar-refractivity contribution < 1.29 is 8.42 Å². The fourth-order valence-electron chi connectivity index (χ4n) is 1.98. The lowest BCUT2D eigenvalue weighted by atomic mass is 9.90. The van der Waals surface area contributed by atoms with Crippen molar-refractivity contribution in [1.82, 2.24) is 4.90 Å². The van der Waals surface area contributed by atoms with Crippen LogP contribution in [0.1, 0.15) is 27.2 Å². The topological polar surface area (TPSA) is 63.4 Å². The Morgan fingerprint density at radius 3 is 2.50 bits per heavy atom. The highest BCUT2D eigenvalue weighted by atomic mass is 32.2. The Morgan fingerprint density at radius 2 is 2.06 bits per heavy atom. The summed E-state index contributed by atoms with van der Waals surface area (Å²) in [5.74, 6) is 0.269. The maximum Gasteiger partial charge on any atom is 0.153 e. The molecule has 0 aromatic carbocycles. The minimum absolute atomic E-state index is 0.182. The summed E-state index contributed by atoms with van der Waals surface area (Å²) >= 11 is 0. The summed E-state index contributed by atoms with van der Waals surface area (Å²) in [4.78, 5) is 2.22. The Morgan fingerprint density at radius 1 is 1.44 bits per heavy atom. The van der Waals surface area contributed by atoms with E-state index in [1.54, 1.807) is 13.8 Å². The first-order chi connectivity index (χ1) is 7.29. The standard InChI is InChI=1S/C11H24N2O2S/c1-10(2)16(14,15)7-6-13-5-4-11(3,8-12)9-13/h10H,4-9,12H2,1-3H3. The van der Waals surface area contributed by atoms with Crippen LogP contribution in [0.2, 0.25) is 0 Å². The van der Waals surface area contributed by atoms with Crippen molar-refractivity contribution in [2.75, 3.05) is 31.9 Å². The highest BCUT2D eigenvalue weighted by Crippen LogP contribution is 2.28. The predicted octanol–water partition coefficient (Wildman–Crippen LogP) is 0.480. The molecule has 0 aromatic heterocycles. The summed E-state index contributed by atoms with van der Waals surface area (Å²) in [6.07, 6.45) is 1.07. The van der Waals surface area contributed by atoms with Crippen LogP contribution in [0.15, 0.2) is 0 Å². The summed E-state index contributed by atoms with van der Waals surface area (Å²) in [6, 6.07) is 0. The van der Waals surface area contributed by atoms with Crippen LogP contribution in [-0.4, -0.2) is 50.5 Å². The van der Waals surface area contributed by atoms with Gasteiger partial charge in [0.1, 0.15) is 0 Å². The minimum Gasteiger partial charge on any atom is -0.330 e. The number of nitrogens with two attached hydrogens (primary N) is 1. The molecule has 1 unspecified atom stereocenters. The maximum absolute atomic E-state index is 11.7. The van der Waals surface area contributed by atoms with E-state index in [1.165, 1.54) is 0 Å². The van der Waals surface area contributed by atoms with Gasteiger partial charge in [-0.25, -0.2) is 8.42 Å². The van der Waals surface area contributed by atoms with Crippen molar-refractivity contribution >= 4 is 9.84 Å². The van der Waals surface area contributed by atoms with Gasteiger partial charge in [-0.15, -0.1) is 0 Å². The first-order valence-electron chi connectivity index (χ1n) is 5.93. The molecule has 96 valence electrons. The van der Waals surface area contributed by atoms with Crippen LogP contribution in [0.4, 0.5) is 0 Å². The summed E-state index contributed by atoms with van der Waals surface area (Å²) in [6.45, 7) is 8.88. The van der Waals surface area contributed by atoms with E-state index in [0.717, 1.165) is 19.5 Å². The lowest BCUT2D eigenvalue weighted by Gasteiger charge is -2.22. The summed E-state index contributed by atoms with van der Waals surface area (Å²) in [5.41, 5.74) is 5.90. The molecule has 1 heterocycles. The van der Waals surface area contributed by atoms with Gasteiger partial charge in [0.05, 0.1) is 11.0 Å². The number of nitrogens with zero attached hydrogens (tertiary/aromatic N) is 1. The molecule has 1 fully saturated rings. The quantitative estimate of drug-likeness (QED) is 0.768. The largest absolute Gasteiger partial charge is 0.330 e. The average molecular weight is 248 g/mol. The molecule has 1 aliphatic heterocycles. The van der Waals surface area contributed by atoms with Crippen LogP contribution in [0, 0.1) is 5.41 Å². The van der Waals surface area contributed by atoms with Crippen LogP contribution >= 0.6 is 0 Å². The van der Waals surface area contributed by atoms with E-state index in [-0.39, 0.29) is 16.4 Å². The summed E-state index contributed by atoms with van der Waals surface area (Å²) in [5, 5.41) is -0.268. The molecule has 0 saturated carbocycles. The lowest BCUT2D eigenvalue weighted by Crippen LogP contribution is -2.34. The van der Waals surface area contributed by atoms with Gasteiger partial charge in [-0.05, 0) is 38.8 Å². The summed E-state index contributed by atoms with van der Waals surface area (Å²) in [7, 11) is -2.90. The van der Waals surface area contributed by atoms with Crippen LogP contribution in [0.5, 0.6) is 0 Å². The Hall–Kier alpha value is -0.130. The molecule has 5 heteroatoms. The number of sulfone groups is 1. The van der Waals surface area contributed by atoms with E-state index in [2.05, 4.69) is 11.8 Å². The van der Waals surface area contributed by atoms with E-state index in [9.17, 15) is 8.42 Å². The SMILES string of the molecule is CC(C)S(=O)(=O)CCN1CCC(C)(CN)C1. The highest BCUT2D eigenvalue weighted by Gasteiger charge is 2.32. The molecule has 0 spiro atoms. The minimum atomic E-state index is -2.90. The fraction of sp³-hybridized carbons (Fsp3) is 1.00. The van der Waals surface area contributed by atoms with Gasteiger partial charge in [0.25, 0.3) is 0 Å². The van der Waals surface area contributed by atoms with Crippen LogP contribution in [0.25, 0.3) is 0 Å². The lowest BCUT2D eigenvalue weighted by molar-refractivity contribution is 0.291. The van der Waals surface area contributed by atoms with E-state index in [4.69, 9.17) is 5.73 Å². The number of rotatable bonds is 5. The molecule has 16 heavy (non-hydrogen) atoms. The second-order valence-electron chi connectivity index (χ2n) is 5.46. The Bertz CT molecular complexity index is 327. The molecule has 1 aliphatic rings. The molecule has 0 amide bonds. The monoisotopic (exact) mass is 248 g/mol. The maximum atomic E-state index is 11.7. The molecular weight excluding hydrogens is 224 g/mol. The number of hydrogen-bond acceptors (Lipinski definition) is 4. The van der Waals surface area contributed by atoms with E-state index >= 15 is 0 Å². The van der Waals surface area contributed by atoms with Gasteiger partial charge in [0.15, 0.2) is 9.84 Å². The van der Waals surface area contributed by atoms with Crippen molar-refractivity contribution in [2.24, 2.45) is 11.1 Å². The van der Waals surface area contributed by atoms with Crippen molar-refractivity contribution in [3.05, 3.63) is 0 Å². The second-order valence-corrected chi connectivity index (χ2v) is 8.13. The van der Waals surface area contributed by atoms with Crippen molar-refractivity contribution in [1.29, 1.82) is 0 Å². The van der Waals surface area contributed by atoms with E-state index < -0.39 is 9.84 Å². The fourth-order valence-corrected chi connectivity index (χ4v) is 2.96. The molecule has 0 bridgehead atoms. The van der Waals surface area contributed by atoms with Gasteiger partial charge in [-0.1, -0.05) is 6.92 Å². The second kappa shape index (κ2) is 5.02.